The summed E-state index contributed by atoms with van der Waals surface area (Å²) in [6, 6.07) is 0. The fraction of sp³-hybridized carbons (Fsp3) is 0.500. The molecule has 0 saturated heterocycles. The van der Waals surface area contributed by atoms with E-state index < -0.39 is 0 Å². The molecular weight excluding hydrogens is 148 g/mol. The van der Waals surface area contributed by atoms with E-state index in [1.54, 1.807) is 0 Å². The Morgan fingerprint density at radius 2 is 2.17 bits per heavy atom. The quantitative estimate of drug-likeness (QED) is 0.475. The van der Waals surface area contributed by atoms with E-state index in [2.05, 4.69) is 53.9 Å². The van der Waals surface area contributed by atoms with Crippen LogP contribution in [-0.2, 0) is 13.1 Å². The Labute approximate surface area is 74.1 Å². The lowest BCUT2D eigenvalue weighted by Gasteiger charge is -1.87. The molecule has 0 aliphatic carbocycles. The Hall–Kier alpha value is -1.05. The summed E-state index contributed by atoms with van der Waals surface area (Å²) in [4.78, 5) is 0. The third kappa shape index (κ3) is 2.53. The van der Waals surface area contributed by atoms with E-state index in [1.807, 2.05) is 0 Å². The zero-order chi connectivity index (χ0) is 8.81. The number of allylic oxidation sites excluding steroid dienone is 2. The number of nitrogens with zero attached hydrogens (tertiary/aromatic N) is 2. The Balaban J connectivity index is 2.47. The Morgan fingerprint density at radius 3 is 2.75 bits per heavy atom. The minimum absolute atomic E-state index is 0.987. The van der Waals surface area contributed by atoms with Gasteiger partial charge in [-0.25, -0.2) is 9.13 Å². The maximum Gasteiger partial charge on any atom is 0.244 e. The SMILES string of the molecule is CCC=CC[n+]1ccn(CC)c1. The van der Waals surface area contributed by atoms with Gasteiger partial charge in [0, 0.05) is 0 Å². The van der Waals surface area contributed by atoms with E-state index in [4.69, 9.17) is 0 Å². The predicted octanol–water partition coefficient (Wildman–Crippen LogP) is 1.76. The van der Waals surface area contributed by atoms with Crippen LogP contribution in [0.4, 0.5) is 0 Å². The summed E-state index contributed by atoms with van der Waals surface area (Å²) in [5.74, 6) is 0. The first-order valence-corrected chi connectivity index (χ1v) is 4.56. The van der Waals surface area contributed by atoms with Gasteiger partial charge in [0.2, 0.25) is 6.33 Å². The molecule has 1 heterocycles. The highest BCUT2D eigenvalue weighted by atomic mass is 15.1. The molecule has 1 rings (SSSR count). The van der Waals surface area contributed by atoms with Gasteiger partial charge in [-0.3, -0.25) is 0 Å². The third-order valence-electron chi connectivity index (χ3n) is 1.83. The maximum absolute atomic E-state index is 2.19. The molecule has 12 heavy (non-hydrogen) atoms. The highest BCUT2D eigenvalue weighted by molar-refractivity contribution is 4.76. The van der Waals surface area contributed by atoms with E-state index in [0.29, 0.717) is 0 Å². The maximum atomic E-state index is 2.19. The standard InChI is InChI=1S/C10H17N2/c1-3-5-6-7-12-9-8-11(4-2)10-12/h5-6,8-10H,3-4,7H2,1-2H3/q+1. The lowest BCUT2D eigenvalue weighted by molar-refractivity contribution is -0.686. The van der Waals surface area contributed by atoms with E-state index in [0.717, 1.165) is 19.5 Å². The van der Waals surface area contributed by atoms with Crippen molar-refractivity contribution in [1.29, 1.82) is 0 Å². The smallest absolute Gasteiger partial charge is 0.237 e. The summed E-state index contributed by atoms with van der Waals surface area (Å²) in [7, 11) is 0. The van der Waals surface area contributed by atoms with Crippen LogP contribution in [0.5, 0.6) is 0 Å². The number of aryl methyl sites for hydroxylation is 1. The molecule has 2 heteroatoms. The molecule has 1 aromatic rings. The summed E-state index contributed by atoms with van der Waals surface area (Å²) in [6.07, 6.45) is 11.8. The second kappa shape index (κ2) is 4.75. The van der Waals surface area contributed by atoms with Crippen molar-refractivity contribution in [2.75, 3.05) is 0 Å². The zero-order valence-corrected chi connectivity index (χ0v) is 7.90. The summed E-state index contributed by atoms with van der Waals surface area (Å²) >= 11 is 0. The van der Waals surface area contributed by atoms with E-state index in [1.165, 1.54) is 0 Å². The first kappa shape index (κ1) is 9.04. The van der Waals surface area contributed by atoms with Crippen molar-refractivity contribution in [3.63, 3.8) is 0 Å². The predicted molar refractivity (Wildman–Crippen MR) is 49.7 cm³/mol. The van der Waals surface area contributed by atoms with Crippen LogP contribution in [0.15, 0.2) is 30.9 Å². The lowest BCUT2D eigenvalue weighted by atomic mass is 10.4. The molecule has 0 saturated carbocycles. The topological polar surface area (TPSA) is 8.81 Å². The molecule has 1 aromatic heterocycles. The average Bonchev–Trinajstić information content (AvgIpc) is 2.53. The second-order valence-electron chi connectivity index (χ2n) is 2.82. The first-order chi connectivity index (χ1) is 5.86. The highest BCUT2D eigenvalue weighted by Gasteiger charge is 1.97. The minimum atomic E-state index is 0.987. The van der Waals surface area contributed by atoms with Gasteiger partial charge in [0.15, 0.2) is 0 Å². The van der Waals surface area contributed by atoms with Crippen LogP contribution in [0.3, 0.4) is 0 Å². The number of hydrogen-bond acceptors (Lipinski definition) is 0. The third-order valence-corrected chi connectivity index (χ3v) is 1.83. The average molecular weight is 165 g/mol. The summed E-state index contributed by atoms with van der Waals surface area (Å²) in [6.45, 7) is 6.33. The van der Waals surface area contributed by atoms with Gasteiger partial charge < -0.3 is 0 Å². The van der Waals surface area contributed by atoms with Crippen molar-refractivity contribution < 1.29 is 4.57 Å². The van der Waals surface area contributed by atoms with Crippen LogP contribution in [0, 0.1) is 0 Å². The number of rotatable bonds is 4. The molecular formula is C10H17N2+. The van der Waals surface area contributed by atoms with E-state index in [-0.39, 0.29) is 0 Å². The van der Waals surface area contributed by atoms with Crippen molar-refractivity contribution in [2.45, 2.75) is 33.4 Å². The van der Waals surface area contributed by atoms with Gasteiger partial charge in [0.1, 0.15) is 18.9 Å². The molecule has 0 unspecified atom stereocenters. The molecule has 0 radical (unpaired) electrons. The molecule has 0 aromatic carbocycles. The number of hydrogen-bond donors (Lipinski definition) is 0. The molecule has 0 aliphatic heterocycles. The van der Waals surface area contributed by atoms with Crippen LogP contribution in [0.1, 0.15) is 20.3 Å². The second-order valence-corrected chi connectivity index (χ2v) is 2.82. The first-order valence-electron chi connectivity index (χ1n) is 4.56. The van der Waals surface area contributed by atoms with Crippen LogP contribution in [-0.4, -0.2) is 4.57 Å². The van der Waals surface area contributed by atoms with Crippen LogP contribution in [0.25, 0.3) is 0 Å². The van der Waals surface area contributed by atoms with Gasteiger partial charge in [-0.15, -0.1) is 0 Å². The summed E-state index contributed by atoms with van der Waals surface area (Å²) < 4.78 is 4.34. The van der Waals surface area contributed by atoms with Gasteiger partial charge in [0.25, 0.3) is 0 Å². The van der Waals surface area contributed by atoms with Gasteiger partial charge in [-0.05, 0) is 19.4 Å². The number of imidazole rings is 1. The molecule has 0 spiro atoms. The fourth-order valence-corrected chi connectivity index (χ4v) is 1.10. The fourth-order valence-electron chi connectivity index (χ4n) is 1.10. The van der Waals surface area contributed by atoms with Gasteiger partial charge >= 0.3 is 0 Å². The lowest BCUT2D eigenvalue weighted by Crippen LogP contribution is -2.29. The molecule has 0 amide bonds. The van der Waals surface area contributed by atoms with Crippen molar-refractivity contribution in [2.24, 2.45) is 0 Å². The van der Waals surface area contributed by atoms with Crippen LogP contribution in [0.2, 0.25) is 0 Å². The molecule has 0 bridgehead atoms. The molecule has 2 nitrogen and oxygen atoms in total. The van der Waals surface area contributed by atoms with E-state index in [9.17, 15) is 0 Å². The molecule has 0 aliphatic rings. The molecule has 0 fully saturated rings. The normalized spacial score (nSPS) is 11.2. The molecule has 0 atom stereocenters. The van der Waals surface area contributed by atoms with Crippen molar-refractivity contribution in [3.05, 3.63) is 30.9 Å². The van der Waals surface area contributed by atoms with Crippen molar-refractivity contribution in [1.82, 2.24) is 4.57 Å². The summed E-state index contributed by atoms with van der Waals surface area (Å²) in [5, 5.41) is 0. The van der Waals surface area contributed by atoms with Gasteiger partial charge in [-0.1, -0.05) is 13.0 Å². The zero-order valence-electron chi connectivity index (χ0n) is 7.90. The molecule has 0 N–H and O–H groups in total. The van der Waals surface area contributed by atoms with E-state index >= 15 is 0 Å². The van der Waals surface area contributed by atoms with Crippen molar-refractivity contribution >= 4 is 0 Å². The number of aromatic nitrogens is 2. The van der Waals surface area contributed by atoms with Crippen LogP contribution < -0.4 is 4.57 Å². The van der Waals surface area contributed by atoms with Crippen molar-refractivity contribution in [3.8, 4) is 0 Å². The van der Waals surface area contributed by atoms with Gasteiger partial charge in [0.05, 0.1) is 6.54 Å². The Kier molecular flexibility index (Phi) is 3.58. The monoisotopic (exact) mass is 165 g/mol. The van der Waals surface area contributed by atoms with Gasteiger partial charge in [-0.2, -0.15) is 0 Å². The van der Waals surface area contributed by atoms with Crippen LogP contribution >= 0.6 is 0 Å². The molecule has 66 valence electrons. The largest absolute Gasteiger partial charge is 0.244 e. The Bertz CT molecular complexity index is 248. The highest BCUT2D eigenvalue weighted by Crippen LogP contribution is 1.84. The minimum Gasteiger partial charge on any atom is -0.237 e. The Morgan fingerprint density at radius 1 is 1.33 bits per heavy atom. The summed E-state index contributed by atoms with van der Waals surface area (Å²) in [5.41, 5.74) is 0.